The zero-order chi connectivity index (χ0) is 12.7. The van der Waals surface area contributed by atoms with E-state index in [9.17, 15) is 4.39 Å². The maximum Gasteiger partial charge on any atom is 0.150 e. The number of nitrogens with zero attached hydrogens (tertiary/aromatic N) is 2. The van der Waals surface area contributed by atoms with Gasteiger partial charge in [0, 0.05) is 10.4 Å². The molecule has 0 saturated heterocycles. The third-order valence-corrected chi connectivity index (χ3v) is 4.22. The third kappa shape index (κ3) is 1.87. The van der Waals surface area contributed by atoms with Crippen molar-refractivity contribution in [1.29, 1.82) is 0 Å². The number of benzene rings is 1. The predicted octanol–water partition coefficient (Wildman–Crippen LogP) is 4.46. The third-order valence-electron chi connectivity index (χ3n) is 2.66. The Kier molecular flexibility index (Phi) is 2.76. The van der Waals surface area contributed by atoms with Crippen LogP contribution in [0.1, 0.15) is 5.56 Å². The largest absolute Gasteiger partial charge is 0.235 e. The molecule has 0 spiro atoms. The second-order valence-corrected chi connectivity index (χ2v) is 5.38. The molecule has 1 aromatic carbocycles. The minimum absolute atomic E-state index is 0.240. The fourth-order valence-corrected chi connectivity index (χ4v) is 3.05. The van der Waals surface area contributed by atoms with E-state index >= 15 is 0 Å². The molecule has 0 aliphatic heterocycles. The number of aromatic nitrogens is 2. The highest BCUT2D eigenvalue weighted by Gasteiger charge is 2.12. The molecule has 90 valence electrons. The van der Waals surface area contributed by atoms with Crippen LogP contribution in [-0.2, 0) is 0 Å². The van der Waals surface area contributed by atoms with Crippen LogP contribution in [0.25, 0.3) is 20.7 Å². The molecule has 3 rings (SSSR count). The van der Waals surface area contributed by atoms with Crippen molar-refractivity contribution in [3.8, 4) is 10.4 Å². The summed E-state index contributed by atoms with van der Waals surface area (Å²) in [6, 6.07) is 6.88. The van der Waals surface area contributed by atoms with Crippen LogP contribution in [0.2, 0.25) is 5.15 Å². The van der Waals surface area contributed by atoms with Crippen molar-refractivity contribution < 1.29 is 4.39 Å². The fourth-order valence-electron chi connectivity index (χ4n) is 1.79. The summed E-state index contributed by atoms with van der Waals surface area (Å²) in [4.78, 5) is 8.87. The van der Waals surface area contributed by atoms with Gasteiger partial charge in [-0.2, -0.15) is 0 Å². The van der Waals surface area contributed by atoms with Crippen LogP contribution in [0.4, 0.5) is 4.39 Å². The lowest BCUT2D eigenvalue weighted by atomic mass is 10.1. The first-order valence-corrected chi connectivity index (χ1v) is 6.51. The molecule has 5 heteroatoms. The molecule has 0 aliphatic rings. The van der Waals surface area contributed by atoms with E-state index in [0.717, 1.165) is 20.7 Å². The van der Waals surface area contributed by atoms with Gasteiger partial charge in [0.15, 0.2) is 0 Å². The van der Waals surface area contributed by atoms with Gasteiger partial charge < -0.3 is 0 Å². The molecule has 0 aliphatic carbocycles. The van der Waals surface area contributed by atoms with Crippen molar-refractivity contribution >= 4 is 33.2 Å². The predicted molar refractivity (Wildman–Crippen MR) is 72.6 cm³/mol. The average Bonchev–Trinajstić information content (AvgIpc) is 2.77. The van der Waals surface area contributed by atoms with Gasteiger partial charge in [-0.05, 0) is 25.1 Å². The summed E-state index contributed by atoms with van der Waals surface area (Å²) in [6.45, 7) is 1.93. The number of hydrogen-bond donors (Lipinski definition) is 0. The maximum atomic E-state index is 13.8. The van der Waals surface area contributed by atoms with Gasteiger partial charge in [0.2, 0.25) is 0 Å². The van der Waals surface area contributed by atoms with Crippen molar-refractivity contribution in [2.75, 3.05) is 0 Å². The van der Waals surface area contributed by atoms with Crippen LogP contribution in [0.15, 0.2) is 30.6 Å². The second-order valence-electron chi connectivity index (χ2n) is 3.97. The highest BCUT2D eigenvalue weighted by Crippen LogP contribution is 2.36. The van der Waals surface area contributed by atoms with Crippen LogP contribution >= 0.6 is 22.9 Å². The SMILES string of the molecule is Cc1ccc(F)c(-c2cc3ncnc(Cl)c3s2)c1. The number of fused-ring (bicyclic) bond motifs is 1. The van der Waals surface area contributed by atoms with Gasteiger partial charge in [0.1, 0.15) is 17.3 Å². The van der Waals surface area contributed by atoms with Gasteiger partial charge in [-0.25, -0.2) is 14.4 Å². The normalized spacial score (nSPS) is 11.1. The summed E-state index contributed by atoms with van der Waals surface area (Å²) < 4.78 is 14.6. The van der Waals surface area contributed by atoms with Crippen molar-refractivity contribution in [3.05, 3.63) is 47.1 Å². The first-order chi connectivity index (χ1) is 8.65. The van der Waals surface area contributed by atoms with E-state index in [1.165, 1.54) is 23.7 Å². The number of hydrogen-bond acceptors (Lipinski definition) is 3. The molecule has 2 nitrogen and oxygen atoms in total. The Labute approximate surface area is 112 Å². The zero-order valence-electron chi connectivity index (χ0n) is 9.45. The van der Waals surface area contributed by atoms with Gasteiger partial charge in [0.25, 0.3) is 0 Å². The van der Waals surface area contributed by atoms with Gasteiger partial charge >= 0.3 is 0 Å². The van der Waals surface area contributed by atoms with Crippen LogP contribution in [0.3, 0.4) is 0 Å². The van der Waals surface area contributed by atoms with E-state index in [2.05, 4.69) is 9.97 Å². The lowest BCUT2D eigenvalue weighted by molar-refractivity contribution is 0.631. The number of rotatable bonds is 1. The molecule has 0 atom stereocenters. The van der Waals surface area contributed by atoms with E-state index in [4.69, 9.17) is 11.6 Å². The first-order valence-electron chi connectivity index (χ1n) is 5.32. The molecule has 2 aromatic heterocycles. The Morgan fingerprint density at radius 2 is 2.06 bits per heavy atom. The molecule has 0 unspecified atom stereocenters. The molecule has 0 saturated carbocycles. The second kappa shape index (κ2) is 4.30. The lowest BCUT2D eigenvalue weighted by Gasteiger charge is -2.00. The van der Waals surface area contributed by atoms with Crippen LogP contribution in [-0.4, -0.2) is 9.97 Å². The minimum Gasteiger partial charge on any atom is -0.235 e. The molecule has 2 heterocycles. The van der Waals surface area contributed by atoms with Crippen LogP contribution in [0, 0.1) is 12.7 Å². The summed E-state index contributed by atoms with van der Waals surface area (Å²) in [7, 11) is 0. The summed E-state index contributed by atoms with van der Waals surface area (Å²) in [5.41, 5.74) is 2.34. The van der Waals surface area contributed by atoms with Crippen LogP contribution in [0.5, 0.6) is 0 Å². The molecule has 18 heavy (non-hydrogen) atoms. The first kappa shape index (κ1) is 11.6. The fraction of sp³-hybridized carbons (Fsp3) is 0.0769. The number of halogens is 2. The Bertz CT molecular complexity index is 739. The van der Waals surface area contributed by atoms with Gasteiger partial charge in [-0.3, -0.25) is 0 Å². The molecular formula is C13H8ClFN2S. The van der Waals surface area contributed by atoms with Crippen molar-refractivity contribution in [3.63, 3.8) is 0 Å². The highest BCUT2D eigenvalue weighted by atomic mass is 35.5. The smallest absolute Gasteiger partial charge is 0.150 e. The minimum atomic E-state index is -0.240. The monoisotopic (exact) mass is 278 g/mol. The van der Waals surface area contributed by atoms with Gasteiger partial charge in [-0.15, -0.1) is 11.3 Å². The Hall–Kier alpha value is -1.52. The van der Waals surface area contributed by atoms with Crippen molar-refractivity contribution in [1.82, 2.24) is 9.97 Å². The van der Waals surface area contributed by atoms with E-state index in [0.29, 0.717) is 10.7 Å². The van der Waals surface area contributed by atoms with Crippen molar-refractivity contribution in [2.24, 2.45) is 0 Å². The molecule has 0 fully saturated rings. The van der Waals surface area contributed by atoms with E-state index in [-0.39, 0.29) is 5.82 Å². The lowest BCUT2D eigenvalue weighted by Crippen LogP contribution is -1.82. The topological polar surface area (TPSA) is 25.8 Å². The molecule has 0 amide bonds. The molecular weight excluding hydrogens is 271 g/mol. The number of thiophene rings is 1. The summed E-state index contributed by atoms with van der Waals surface area (Å²) in [6.07, 6.45) is 1.41. The molecule has 0 bridgehead atoms. The van der Waals surface area contributed by atoms with Crippen molar-refractivity contribution in [2.45, 2.75) is 6.92 Å². The Morgan fingerprint density at radius 3 is 2.83 bits per heavy atom. The summed E-state index contributed by atoms with van der Waals surface area (Å²) in [5, 5.41) is 0.407. The summed E-state index contributed by atoms with van der Waals surface area (Å²) in [5.74, 6) is -0.240. The Balaban J connectivity index is 2.26. The maximum absolute atomic E-state index is 13.8. The Morgan fingerprint density at radius 1 is 1.22 bits per heavy atom. The molecule has 3 aromatic rings. The number of aryl methyl sites for hydroxylation is 1. The molecule has 0 N–H and O–H groups in total. The standard InChI is InChI=1S/C13H8ClFN2S/c1-7-2-3-9(15)8(4-7)11-5-10-12(18-11)13(14)17-6-16-10/h2-6H,1H3. The van der Waals surface area contributed by atoms with E-state index in [1.807, 2.05) is 19.1 Å². The van der Waals surface area contributed by atoms with Gasteiger partial charge in [0.05, 0.1) is 10.2 Å². The van der Waals surface area contributed by atoms with Crippen LogP contribution < -0.4 is 0 Å². The average molecular weight is 279 g/mol. The molecule has 0 radical (unpaired) electrons. The van der Waals surface area contributed by atoms with Gasteiger partial charge in [-0.1, -0.05) is 23.2 Å². The quantitative estimate of drug-likeness (QED) is 0.614. The zero-order valence-corrected chi connectivity index (χ0v) is 11.0. The van der Waals surface area contributed by atoms with E-state index in [1.54, 1.807) is 6.07 Å². The highest BCUT2D eigenvalue weighted by molar-refractivity contribution is 7.22. The summed E-state index contributed by atoms with van der Waals surface area (Å²) >= 11 is 7.40. The van der Waals surface area contributed by atoms with E-state index < -0.39 is 0 Å².